The molecule has 0 fully saturated rings. The number of para-hydroxylation sites is 3. The average Bonchev–Trinajstić information content (AvgIpc) is 3.28. The van der Waals surface area contributed by atoms with Crippen molar-refractivity contribution in [1.82, 2.24) is 19.7 Å². The van der Waals surface area contributed by atoms with Crippen LogP contribution in [-0.2, 0) is 9.59 Å². The third-order valence-corrected chi connectivity index (χ3v) is 6.92. The Balaban J connectivity index is 1.50. The van der Waals surface area contributed by atoms with Crippen LogP contribution in [0.5, 0.6) is 0 Å². The van der Waals surface area contributed by atoms with Gasteiger partial charge in [-0.2, -0.15) is 0 Å². The van der Waals surface area contributed by atoms with Crippen LogP contribution in [0.3, 0.4) is 0 Å². The van der Waals surface area contributed by atoms with Crippen molar-refractivity contribution < 1.29 is 9.59 Å². The molecule has 4 aromatic rings. The van der Waals surface area contributed by atoms with Gasteiger partial charge in [0.15, 0.2) is 11.0 Å². The molecule has 9 heteroatoms. The van der Waals surface area contributed by atoms with E-state index in [1.54, 1.807) is 37.2 Å². The first-order valence-electron chi connectivity index (χ1n) is 11.2. The van der Waals surface area contributed by atoms with Crippen LogP contribution in [0.15, 0.2) is 78.2 Å². The van der Waals surface area contributed by atoms with Crippen molar-refractivity contribution in [1.29, 1.82) is 0 Å². The highest BCUT2D eigenvalue weighted by Crippen LogP contribution is 2.37. The summed E-state index contributed by atoms with van der Waals surface area (Å²) in [6.45, 7) is 5.52. The fraction of sp³-hybridized carbons (Fsp3) is 0.192. The molecule has 1 aliphatic heterocycles. The number of carbonyl (C=O) groups excluding carboxylic acids is 2. The van der Waals surface area contributed by atoms with E-state index in [1.807, 2.05) is 66.1 Å². The van der Waals surface area contributed by atoms with Crippen LogP contribution in [-0.4, -0.2) is 42.9 Å². The molecule has 35 heavy (non-hydrogen) atoms. The molecule has 0 saturated heterocycles. The molecule has 0 radical (unpaired) electrons. The van der Waals surface area contributed by atoms with Gasteiger partial charge in [-0.15, -0.1) is 10.2 Å². The van der Waals surface area contributed by atoms with E-state index in [-0.39, 0.29) is 17.6 Å². The van der Waals surface area contributed by atoms with Gasteiger partial charge in [0.25, 0.3) is 0 Å². The van der Waals surface area contributed by atoms with Crippen molar-refractivity contribution in [3.05, 3.63) is 78.6 Å². The largest absolute Gasteiger partial charge is 0.322 e. The molecule has 2 aromatic carbocycles. The molecule has 1 aliphatic rings. The number of nitrogens with one attached hydrogen (secondary N) is 1. The number of pyridine rings is 1. The van der Waals surface area contributed by atoms with E-state index in [0.717, 1.165) is 16.8 Å². The molecule has 0 saturated carbocycles. The summed E-state index contributed by atoms with van der Waals surface area (Å²) in [6.07, 6.45) is 3.42. The normalized spacial score (nSPS) is 14.4. The minimum atomic E-state index is -1.03. The second-order valence-corrected chi connectivity index (χ2v) is 9.65. The molecule has 2 amide bonds. The van der Waals surface area contributed by atoms with Gasteiger partial charge in [0.2, 0.25) is 11.8 Å². The zero-order valence-corrected chi connectivity index (χ0v) is 20.4. The summed E-state index contributed by atoms with van der Waals surface area (Å²) in [7, 11) is 0. The van der Waals surface area contributed by atoms with Crippen LogP contribution in [0.4, 0.5) is 11.4 Å². The SMILES string of the molecule is Cc1ccccc1-n1c(SCC(=O)N2c3ccccc3NC(=O)C2(C)C)nnc1-c1ccncc1. The van der Waals surface area contributed by atoms with Gasteiger partial charge < -0.3 is 5.32 Å². The molecule has 0 bridgehead atoms. The van der Waals surface area contributed by atoms with E-state index in [4.69, 9.17) is 0 Å². The van der Waals surface area contributed by atoms with Gasteiger partial charge in [-0.3, -0.25) is 24.0 Å². The van der Waals surface area contributed by atoms with Gasteiger partial charge in [-0.25, -0.2) is 0 Å². The smallest absolute Gasteiger partial charge is 0.250 e. The Kier molecular flexibility index (Phi) is 5.86. The number of nitrogens with zero attached hydrogens (tertiary/aromatic N) is 5. The minimum Gasteiger partial charge on any atom is -0.322 e. The number of hydrogen-bond donors (Lipinski definition) is 1. The molecule has 2 aromatic heterocycles. The molecule has 0 unspecified atom stereocenters. The summed E-state index contributed by atoms with van der Waals surface area (Å²) in [5, 5.41) is 12.4. The number of fused-ring (bicyclic) bond motifs is 1. The Hall–Kier alpha value is -3.98. The fourth-order valence-electron chi connectivity index (χ4n) is 4.17. The topological polar surface area (TPSA) is 93.0 Å². The van der Waals surface area contributed by atoms with E-state index in [2.05, 4.69) is 20.5 Å². The predicted molar refractivity (Wildman–Crippen MR) is 137 cm³/mol. The van der Waals surface area contributed by atoms with Crippen LogP contribution < -0.4 is 10.2 Å². The first kappa shape index (κ1) is 22.8. The summed E-state index contributed by atoms with van der Waals surface area (Å²) in [4.78, 5) is 32.0. The molecule has 8 nitrogen and oxygen atoms in total. The lowest BCUT2D eigenvalue weighted by atomic mass is 9.96. The number of thioether (sulfide) groups is 1. The zero-order valence-electron chi connectivity index (χ0n) is 19.6. The third kappa shape index (κ3) is 4.08. The zero-order chi connectivity index (χ0) is 24.6. The van der Waals surface area contributed by atoms with E-state index >= 15 is 0 Å². The van der Waals surface area contributed by atoms with Crippen molar-refractivity contribution in [2.75, 3.05) is 16.0 Å². The Labute approximate surface area is 207 Å². The lowest BCUT2D eigenvalue weighted by molar-refractivity contribution is -0.125. The summed E-state index contributed by atoms with van der Waals surface area (Å²) in [5.41, 5.74) is 3.13. The monoisotopic (exact) mass is 484 g/mol. The van der Waals surface area contributed by atoms with E-state index < -0.39 is 5.54 Å². The fourth-order valence-corrected chi connectivity index (χ4v) is 4.97. The highest BCUT2D eigenvalue weighted by atomic mass is 32.2. The molecular weight excluding hydrogens is 460 g/mol. The van der Waals surface area contributed by atoms with Crippen molar-refractivity contribution in [3.8, 4) is 17.1 Å². The summed E-state index contributed by atoms with van der Waals surface area (Å²) >= 11 is 1.30. The summed E-state index contributed by atoms with van der Waals surface area (Å²) in [6, 6.07) is 19.1. The molecule has 0 aliphatic carbocycles. The Morgan fingerprint density at radius 2 is 1.66 bits per heavy atom. The van der Waals surface area contributed by atoms with Crippen LogP contribution in [0, 0.1) is 6.92 Å². The van der Waals surface area contributed by atoms with Crippen LogP contribution >= 0.6 is 11.8 Å². The number of amides is 2. The number of benzene rings is 2. The van der Waals surface area contributed by atoms with Crippen molar-refractivity contribution in [2.24, 2.45) is 0 Å². The van der Waals surface area contributed by atoms with Crippen molar-refractivity contribution >= 4 is 35.0 Å². The standard InChI is InChI=1S/C26H24N6O2S/c1-17-8-4-6-10-20(17)31-23(18-12-14-27-15-13-18)29-30-25(31)35-16-22(33)32-21-11-7-5-9-19(21)28-24(34)26(32,2)3/h4-15H,16H2,1-3H3,(H,28,34). The van der Waals surface area contributed by atoms with Gasteiger partial charge in [0.1, 0.15) is 5.54 Å². The maximum Gasteiger partial charge on any atom is 0.250 e. The predicted octanol–water partition coefficient (Wildman–Crippen LogP) is 4.49. The second-order valence-electron chi connectivity index (χ2n) is 8.71. The van der Waals surface area contributed by atoms with Crippen LogP contribution in [0.25, 0.3) is 17.1 Å². The maximum absolute atomic E-state index is 13.5. The Morgan fingerprint density at radius 1 is 0.971 bits per heavy atom. The lowest BCUT2D eigenvalue weighted by Gasteiger charge is -2.42. The van der Waals surface area contributed by atoms with Gasteiger partial charge in [0.05, 0.1) is 22.8 Å². The number of carbonyl (C=O) groups is 2. The van der Waals surface area contributed by atoms with Crippen molar-refractivity contribution in [2.45, 2.75) is 31.5 Å². The number of rotatable bonds is 5. The molecular formula is C26H24N6O2S. The Morgan fingerprint density at radius 3 is 2.40 bits per heavy atom. The van der Waals surface area contributed by atoms with E-state index in [9.17, 15) is 9.59 Å². The second kappa shape index (κ2) is 8.99. The molecule has 0 atom stereocenters. The van der Waals surface area contributed by atoms with Crippen molar-refractivity contribution in [3.63, 3.8) is 0 Å². The molecule has 3 heterocycles. The molecule has 5 rings (SSSR count). The lowest BCUT2D eigenvalue weighted by Crippen LogP contribution is -2.59. The van der Waals surface area contributed by atoms with Gasteiger partial charge >= 0.3 is 0 Å². The highest BCUT2D eigenvalue weighted by molar-refractivity contribution is 7.99. The summed E-state index contributed by atoms with van der Waals surface area (Å²) in [5.74, 6) is 0.343. The van der Waals surface area contributed by atoms with E-state index in [1.165, 1.54) is 11.8 Å². The first-order valence-corrected chi connectivity index (χ1v) is 12.1. The number of aryl methyl sites for hydroxylation is 1. The maximum atomic E-state index is 13.5. The van der Waals surface area contributed by atoms with Gasteiger partial charge in [-0.1, -0.05) is 42.1 Å². The average molecular weight is 485 g/mol. The van der Waals surface area contributed by atoms with Gasteiger partial charge in [-0.05, 0) is 56.7 Å². The summed E-state index contributed by atoms with van der Waals surface area (Å²) < 4.78 is 1.96. The minimum absolute atomic E-state index is 0.0887. The quantitative estimate of drug-likeness (QED) is 0.420. The van der Waals surface area contributed by atoms with Crippen LogP contribution in [0.1, 0.15) is 19.4 Å². The van der Waals surface area contributed by atoms with Crippen LogP contribution in [0.2, 0.25) is 0 Å². The number of hydrogen-bond acceptors (Lipinski definition) is 6. The van der Waals surface area contributed by atoms with E-state index in [0.29, 0.717) is 22.4 Å². The third-order valence-electron chi connectivity index (χ3n) is 6.01. The molecule has 0 spiro atoms. The number of aromatic nitrogens is 4. The van der Waals surface area contributed by atoms with Gasteiger partial charge in [0, 0.05) is 18.0 Å². The number of anilines is 2. The first-order chi connectivity index (χ1) is 16.9. The molecule has 176 valence electrons. The Bertz CT molecular complexity index is 1420. The molecule has 1 N–H and O–H groups in total. The highest BCUT2D eigenvalue weighted by Gasteiger charge is 2.43.